The Morgan fingerprint density at radius 1 is 1.45 bits per heavy atom. The van der Waals surface area contributed by atoms with E-state index in [9.17, 15) is 19.3 Å². The second-order valence-corrected chi connectivity index (χ2v) is 5.04. The maximum absolute atomic E-state index is 14.0. The van der Waals surface area contributed by atoms with Crippen LogP contribution in [0.2, 0.25) is 0 Å². The number of esters is 1. The standard InChI is InChI=1S/C14H17FN2O5/c1-21-10-6-11(15)13(17(19)20)12(7-10)16-5-3-4-9(8-16)14(18)22-2/h6-7,9H,3-5,8H2,1-2H3/t9-/m1/s1. The van der Waals surface area contributed by atoms with Gasteiger partial charge in [-0.15, -0.1) is 0 Å². The Bertz CT molecular complexity index is 593. The van der Waals surface area contributed by atoms with Crippen molar-refractivity contribution in [1.82, 2.24) is 0 Å². The van der Waals surface area contributed by atoms with Crippen LogP contribution in [0.1, 0.15) is 12.8 Å². The van der Waals surface area contributed by atoms with Gasteiger partial charge in [0.1, 0.15) is 11.4 Å². The van der Waals surface area contributed by atoms with Crippen molar-refractivity contribution in [1.29, 1.82) is 0 Å². The summed E-state index contributed by atoms with van der Waals surface area (Å²) >= 11 is 0. The SMILES string of the molecule is COC(=O)[C@@H]1CCCN(c2cc(OC)cc(F)c2[N+](=O)[O-])C1. The zero-order valence-corrected chi connectivity index (χ0v) is 12.4. The highest BCUT2D eigenvalue weighted by Crippen LogP contribution is 2.37. The second-order valence-electron chi connectivity index (χ2n) is 5.04. The highest BCUT2D eigenvalue weighted by molar-refractivity contribution is 5.74. The Hall–Kier alpha value is -2.38. The van der Waals surface area contributed by atoms with Crippen LogP contribution in [-0.4, -0.2) is 38.2 Å². The summed E-state index contributed by atoms with van der Waals surface area (Å²) in [7, 11) is 2.66. The van der Waals surface area contributed by atoms with Crippen molar-refractivity contribution in [3.05, 3.63) is 28.1 Å². The molecule has 1 aliphatic rings. The van der Waals surface area contributed by atoms with Crippen molar-refractivity contribution in [3.8, 4) is 5.75 Å². The zero-order chi connectivity index (χ0) is 16.3. The van der Waals surface area contributed by atoms with Gasteiger partial charge in [-0.3, -0.25) is 14.9 Å². The van der Waals surface area contributed by atoms with E-state index < -0.39 is 16.4 Å². The minimum atomic E-state index is -0.959. The number of benzene rings is 1. The molecule has 1 fully saturated rings. The van der Waals surface area contributed by atoms with Crippen LogP contribution in [0.3, 0.4) is 0 Å². The average molecular weight is 312 g/mol. The summed E-state index contributed by atoms with van der Waals surface area (Å²) in [5.41, 5.74) is -0.484. The third-order valence-electron chi connectivity index (χ3n) is 3.73. The first-order valence-corrected chi connectivity index (χ1v) is 6.82. The van der Waals surface area contributed by atoms with Crippen LogP contribution < -0.4 is 9.64 Å². The Kier molecular flexibility index (Phi) is 4.79. The Morgan fingerprint density at radius 2 is 2.18 bits per heavy atom. The molecular weight excluding hydrogens is 295 g/mol. The lowest BCUT2D eigenvalue weighted by atomic mass is 9.97. The summed E-state index contributed by atoms with van der Waals surface area (Å²) < 4.78 is 23.7. The molecule has 8 heteroatoms. The van der Waals surface area contributed by atoms with Crippen LogP contribution in [0.25, 0.3) is 0 Å². The lowest BCUT2D eigenvalue weighted by molar-refractivity contribution is -0.386. The van der Waals surface area contributed by atoms with Gasteiger partial charge >= 0.3 is 11.7 Å². The van der Waals surface area contributed by atoms with Crippen molar-refractivity contribution in [2.75, 3.05) is 32.2 Å². The fourth-order valence-electron chi connectivity index (χ4n) is 2.66. The molecule has 0 bridgehead atoms. The van der Waals surface area contributed by atoms with Crippen LogP contribution in [-0.2, 0) is 9.53 Å². The van der Waals surface area contributed by atoms with E-state index in [4.69, 9.17) is 9.47 Å². The number of nitro groups is 1. The molecule has 0 radical (unpaired) electrons. The number of hydrogen-bond donors (Lipinski definition) is 0. The monoisotopic (exact) mass is 312 g/mol. The highest BCUT2D eigenvalue weighted by atomic mass is 19.1. The van der Waals surface area contributed by atoms with Gasteiger partial charge in [-0.25, -0.2) is 0 Å². The van der Waals surface area contributed by atoms with Gasteiger partial charge in [0.2, 0.25) is 5.82 Å². The van der Waals surface area contributed by atoms with Crippen LogP contribution in [0.15, 0.2) is 12.1 Å². The molecule has 1 aromatic rings. The molecule has 0 N–H and O–H groups in total. The summed E-state index contributed by atoms with van der Waals surface area (Å²) in [6.07, 6.45) is 1.30. The van der Waals surface area contributed by atoms with Crippen LogP contribution in [0.4, 0.5) is 15.8 Å². The molecule has 0 amide bonds. The van der Waals surface area contributed by atoms with Crippen LogP contribution >= 0.6 is 0 Å². The van der Waals surface area contributed by atoms with E-state index in [1.807, 2.05) is 0 Å². The van der Waals surface area contributed by atoms with Crippen LogP contribution in [0, 0.1) is 21.8 Å². The molecule has 0 spiro atoms. The first-order valence-electron chi connectivity index (χ1n) is 6.82. The lowest BCUT2D eigenvalue weighted by Crippen LogP contribution is -2.39. The smallest absolute Gasteiger partial charge is 0.328 e. The fraction of sp³-hybridized carbons (Fsp3) is 0.500. The quantitative estimate of drug-likeness (QED) is 0.481. The first-order chi connectivity index (χ1) is 10.5. The number of hydrogen-bond acceptors (Lipinski definition) is 6. The number of carbonyl (C=O) groups excluding carboxylic acids is 1. The van der Waals surface area contributed by atoms with Gasteiger partial charge in [0, 0.05) is 25.2 Å². The molecule has 0 saturated carbocycles. The Balaban J connectivity index is 2.39. The summed E-state index contributed by atoms with van der Waals surface area (Å²) in [5.74, 6) is -1.51. The van der Waals surface area contributed by atoms with Gasteiger partial charge in [0.25, 0.3) is 0 Å². The number of piperidine rings is 1. The van der Waals surface area contributed by atoms with E-state index >= 15 is 0 Å². The molecular formula is C14H17FN2O5. The fourth-order valence-corrected chi connectivity index (χ4v) is 2.66. The number of rotatable bonds is 4. The maximum atomic E-state index is 14.0. The highest BCUT2D eigenvalue weighted by Gasteiger charge is 2.32. The number of anilines is 1. The predicted octanol–water partition coefficient (Wildman–Crippen LogP) is 2.13. The number of ether oxygens (including phenoxy) is 2. The number of carbonyl (C=O) groups is 1. The predicted molar refractivity (Wildman–Crippen MR) is 76.6 cm³/mol. The Labute approximate surface area is 126 Å². The number of nitro benzene ring substituents is 1. The van der Waals surface area contributed by atoms with Crippen molar-refractivity contribution >= 4 is 17.3 Å². The van der Waals surface area contributed by atoms with Gasteiger partial charge in [-0.2, -0.15) is 4.39 Å². The lowest BCUT2D eigenvalue weighted by Gasteiger charge is -2.32. The zero-order valence-electron chi connectivity index (χ0n) is 12.4. The number of halogens is 1. The molecule has 22 heavy (non-hydrogen) atoms. The summed E-state index contributed by atoms with van der Waals surface area (Å²) in [6, 6.07) is 2.39. The molecule has 120 valence electrons. The average Bonchev–Trinajstić information content (AvgIpc) is 2.52. The molecule has 1 heterocycles. The topological polar surface area (TPSA) is 81.9 Å². The molecule has 1 aromatic carbocycles. The molecule has 7 nitrogen and oxygen atoms in total. The van der Waals surface area contributed by atoms with Crippen molar-refractivity contribution in [2.24, 2.45) is 5.92 Å². The van der Waals surface area contributed by atoms with E-state index in [0.717, 1.165) is 6.07 Å². The first kappa shape index (κ1) is 16.0. The van der Waals surface area contributed by atoms with Gasteiger partial charge in [0.15, 0.2) is 0 Å². The third-order valence-corrected chi connectivity index (χ3v) is 3.73. The Morgan fingerprint density at radius 3 is 2.77 bits per heavy atom. The van der Waals surface area contributed by atoms with E-state index in [2.05, 4.69) is 0 Å². The van der Waals surface area contributed by atoms with E-state index in [1.165, 1.54) is 20.3 Å². The molecule has 0 unspecified atom stereocenters. The maximum Gasteiger partial charge on any atom is 0.328 e. The van der Waals surface area contributed by atoms with E-state index in [-0.39, 0.29) is 29.9 Å². The normalized spacial score (nSPS) is 18.0. The minimum Gasteiger partial charge on any atom is -0.497 e. The van der Waals surface area contributed by atoms with Crippen molar-refractivity contribution < 1.29 is 23.6 Å². The summed E-state index contributed by atoms with van der Waals surface area (Å²) in [6.45, 7) is 0.751. The van der Waals surface area contributed by atoms with E-state index in [0.29, 0.717) is 19.4 Å². The molecule has 1 aliphatic heterocycles. The molecule has 1 saturated heterocycles. The van der Waals surface area contributed by atoms with Crippen LogP contribution in [0.5, 0.6) is 5.75 Å². The van der Waals surface area contributed by atoms with Gasteiger partial charge in [-0.05, 0) is 12.8 Å². The summed E-state index contributed by atoms with van der Waals surface area (Å²) in [5, 5.41) is 11.2. The van der Waals surface area contributed by atoms with Gasteiger partial charge in [0.05, 0.1) is 25.1 Å². The van der Waals surface area contributed by atoms with Gasteiger partial charge < -0.3 is 14.4 Å². The second kappa shape index (κ2) is 6.59. The minimum absolute atomic E-state index is 0.121. The third kappa shape index (κ3) is 3.10. The van der Waals surface area contributed by atoms with Crippen molar-refractivity contribution in [3.63, 3.8) is 0 Å². The molecule has 0 aliphatic carbocycles. The summed E-state index contributed by atoms with van der Waals surface area (Å²) in [4.78, 5) is 23.7. The number of methoxy groups -OCH3 is 2. The number of nitrogens with zero attached hydrogens (tertiary/aromatic N) is 2. The largest absolute Gasteiger partial charge is 0.497 e. The molecule has 1 atom stereocenters. The molecule has 0 aromatic heterocycles. The van der Waals surface area contributed by atoms with Crippen molar-refractivity contribution in [2.45, 2.75) is 12.8 Å². The van der Waals surface area contributed by atoms with E-state index in [1.54, 1.807) is 4.90 Å². The van der Waals surface area contributed by atoms with Gasteiger partial charge in [-0.1, -0.05) is 0 Å². The molecule has 2 rings (SSSR count).